The Hall–Kier alpha value is -3.51. The number of carbonyl (C=O) groups is 2. The molecule has 2 aromatic rings. The van der Waals surface area contributed by atoms with Crippen molar-refractivity contribution in [2.45, 2.75) is 38.8 Å². The summed E-state index contributed by atoms with van der Waals surface area (Å²) in [5.41, 5.74) is -7.29. The molecule has 6 nitrogen and oxygen atoms in total. The summed E-state index contributed by atoms with van der Waals surface area (Å²) >= 11 is 0. The molecule has 0 saturated heterocycles. The summed E-state index contributed by atoms with van der Waals surface area (Å²) in [6.07, 6.45) is -13.2. The van der Waals surface area contributed by atoms with Crippen molar-refractivity contribution in [2.75, 3.05) is 22.6 Å². The molecule has 0 aliphatic heterocycles. The van der Waals surface area contributed by atoms with E-state index in [1.807, 2.05) is 0 Å². The molecular formula is C21H20F7N3O3. The number of ether oxygens (including phenoxy) is 1. The first kappa shape index (κ1) is 26.7. The molecule has 2 rings (SSSR count). The fourth-order valence-corrected chi connectivity index (χ4v) is 3.08. The fraction of sp³-hybridized carbons (Fsp3) is 0.333. The number of aryl methyl sites for hydroxylation is 2. The molecule has 0 saturated carbocycles. The number of anilines is 3. The third kappa shape index (κ3) is 5.69. The number of alkyl halides is 7. The Labute approximate surface area is 189 Å². The van der Waals surface area contributed by atoms with E-state index in [9.17, 15) is 40.3 Å². The second-order valence-electron chi connectivity index (χ2n) is 7.14. The van der Waals surface area contributed by atoms with Crippen molar-refractivity contribution in [1.82, 2.24) is 0 Å². The number of urea groups is 1. The van der Waals surface area contributed by atoms with Gasteiger partial charge in [0.05, 0.1) is 6.61 Å². The maximum absolute atomic E-state index is 14.4. The number of amides is 3. The Morgan fingerprint density at radius 3 is 1.79 bits per heavy atom. The summed E-state index contributed by atoms with van der Waals surface area (Å²) < 4.78 is 97.4. The molecule has 0 spiro atoms. The normalized spacial score (nSPS) is 12.2. The van der Waals surface area contributed by atoms with E-state index in [0.717, 1.165) is 13.8 Å². The molecule has 34 heavy (non-hydrogen) atoms. The molecule has 0 atom stereocenters. The standard InChI is InChI=1S/C21H20F7N3O3/c1-4-34-18(33)30-15-7-5-6-14(10-15)29-17(32)31-16-11(2)8-13(9-12(16)3)19(22,20(23,24)25)21(26,27)28/h5-10H,4H2,1-3H3,(H,30,33)(H2,29,31,32). The van der Waals surface area contributed by atoms with Crippen LogP contribution in [0.5, 0.6) is 0 Å². The number of benzene rings is 2. The Morgan fingerprint density at radius 1 is 0.824 bits per heavy atom. The topological polar surface area (TPSA) is 79.5 Å². The molecule has 0 unspecified atom stereocenters. The Kier molecular flexibility index (Phi) is 7.69. The van der Waals surface area contributed by atoms with Crippen LogP contribution in [0.25, 0.3) is 0 Å². The Morgan fingerprint density at radius 2 is 1.32 bits per heavy atom. The van der Waals surface area contributed by atoms with Crippen LogP contribution in [0.15, 0.2) is 36.4 Å². The van der Waals surface area contributed by atoms with E-state index in [1.54, 1.807) is 6.92 Å². The average molecular weight is 495 g/mol. The number of carbonyl (C=O) groups excluding carboxylic acids is 2. The monoisotopic (exact) mass is 495 g/mol. The van der Waals surface area contributed by atoms with Crippen molar-refractivity contribution in [3.05, 3.63) is 53.1 Å². The highest BCUT2D eigenvalue weighted by Crippen LogP contribution is 2.53. The van der Waals surface area contributed by atoms with Gasteiger partial charge in [-0.1, -0.05) is 18.2 Å². The molecular weight excluding hydrogens is 475 g/mol. The molecule has 0 radical (unpaired) electrons. The van der Waals surface area contributed by atoms with Gasteiger partial charge in [-0.3, -0.25) is 5.32 Å². The van der Waals surface area contributed by atoms with Crippen LogP contribution in [0.4, 0.5) is 57.4 Å². The van der Waals surface area contributed by atoms with Crippen molar-refractivity contribution in [3.8, 4) is 0 Å². The zero-order chi connectivity index (χ0) is 25.9. The number of rotatable bonds is 5. The SMILES string of the molecule is CCOC(=O)Nc1cccc(NC(=O)Nc2c(C)cc(C(F)(C(F)(F)F)C(F)(F)F)cc2C)c1. The molecule has 0 aliphatic rings. The van der Waals surface area contributed by atoms with Gasteiger partial charge >= 0.3 is 30.1 Å². The summed E-state index contributed by atoms with van der Waals surface area (Å²) in [6.45, 7) is 4.00. The van der Waals surface area contributed by atoms with E-state index < -0.39 is 35.7 Å². The fourth-order valence-electron chi connectivity index (χ4n) is 3.08. The average Bonchev–Trinajstić information content (AvgIpc) is 2.68. The molecule has 186 valence electrons. The Bertz CT molecular complexity index is 1030. The lowest BCUT2D eigenvalue weighted by Gasteiger charge is -2.31. The molecule has 13 heteroatoms. The van der Waals surface area contributed by atoms with Gasteiger partial charge in [0.15, 0.2) is 0 Å². The van der Waals surface area contributed by atoms with Gasteiger partial charge in [0.2, 0.25) is 0 Å². The lowest BCUT2D eigenvalue weighted by atomic mass is 9.90. The predicted molar refractivity (Wildman–Crippen MR) is 111 cm³/mol. The second kappa shape index (κ2) is 9.77. The first-order valence-electron chi connectivity index (χ1n) is 9.66. The summed E-state index contributed by atoms with van der Waals surface area (Å²) in [7, 11) is 0. The molecule has 0 bridgehead atoms. The first-order chi connectivity index (χ1) is 15.6. The maximum Gasteiger partial charge on any atom is 0.435 e. The zero-order valence-electron chi connectivity index (χ0n) is 18.0. The molecule has 0 fully saturated rings. The third-order valence-electron chi connectivity index (χ3n) is 4.59. The highest BCUT2D eigenvalue weighted by Gasteiger charge is 2.73. The maximum atomic E-state index is 14.4. The van der Waals surface area contributed by atoms with E-state index in [1.165, 1.54) is 24.3 Å². The van der Waals surface area contributed by atoms with Crippen molar-refractivity contribution in [2.24, 2.45) is 0 Å². The molecule has 0 aliphatic carbocycles. The van der Waals surface area contributed by atoms with Crippen LogP contribution in [0.2, 0.25) is 0 Å². The summed E-state index contributed by atoms with van der Waals surface area (Å²) in [6, 6.07) is 5.73. The van der Waals surface area contributed by atoms with Gasteiger partial charge in [0, 0.05) is 22.6 Å². The number of hydrogen-bond acceptors (Lipinski definition) is 3. The van der Waals surface area contributed by atoms with Gasteiger partial charge < -0.3 is 15.4 Å². The van der Waals surface area contributed by atoms with Gasteiger partial charge in [0.25, 0.3) is 0 Å². The van der Waals surface area contributed by atoms with Crippen molar-refractivity contribution < 1.29 is 45.1 Å². The van der Waals surface area contributed by atoms with Crippen LogP contribution in [-0.4, -0.2) is 31.1 Å². The van der Waals surface area contributed by atoms with E-state index in [4.69, 9.17) is 4.74 Å². The quantitative estimate of drug-likeness (QED) is 0.399. The van der Waals surface area contributed by atoms with Gasteiger partial charge in [-0.2, -0.15) is 26.3 Å². The minimum Gasteiger partial charge on any atom is -0.450 e. The van der Waals surface area contributed by atoms with Crippen LogP contribution in [0.3, 0.4) is 0 Å². The van der Waals surface area contributed by atoms with Gasteiger partial charge in [0.1, 0.15) is 0 Å². The van der Waals surface area contributed by atoms with E-state index in [-0.39, 0.29) is 34.8 Å². The summed E-state index contributed by atoms with van der Waals surface area (Å²) in [4.78, 5) is 23.8. The summed E-state index contributed by atoms with van der Waals surface area (Å²) in [5.74, 6) is 0. The first-order valence-corrected chi connectivity index (χ1v) is 9.66. The van der Waals surface area contributed by atoms with Crippen LogP contribution in [0, 0.1) is 13.8 Å². The number of nitrogens with one attached hydrogen (secondary N) is 3. The van der Waals surface area contributed by atoms with Gasteiger partial charge in [-0.25, -0.2) is 14.0 Å². The van der Waals surface area contributed by atoms with Crippen LogP contribution >= 0.6 is 0 Å². The highest BCUT2D eigenvalue weighted by atomic mass is 19.4. The predicted octanol–water partition coefficient (Wildman–Crippen LogP) is 6.81. The van der Waals surface area contributed by atoms with Gasteiger partial charge in [-0.05, 0) is 50.1 Å². The highest BCUT2D eigenvalue weighted by molar-refractivity contribution is 6.01. The minimum absolute atomic E-state index is 0.103. The Balaban J connectivity index is 2.26. The van der Waals surface area contributed by atoms with E-state index in [0.29, 0.717) is 12.1 Å². The number of hydrogen-bond donors (Lipinski definition) is 3. The van der Waals surface area contributed by atoms with Crippen molar-refractivity contribution >= 4 is 29.2 Å². The van der Waals surface area contributed by atoms with Crippen LogP contribution in [-0.2, 0) is 10.4 Å². The van der Waals surface area contributed by atoms with Crippen molar-refractivity contribution in [3.63, 3.8) is 0 Å². The summed E-state index contributed by atoms with van der Waals surface area (Å²) in [5, 5.41) is 7.14. The molecule has 2 aromatic carbocycles. The van der Waals surface area contributed by atoms with Crippen LogP contribution < -0.4 is 16.0 Å². The minimum atomic E-state index is -6.25. The smallest absolute Gasteiger partial charge is 0.435 e. The largest absolute Gasteiger partial charge is 0.450 e. The molecule has 3 amide bonds. The lowest BCUT2D eigenvalue weighted by molar-refractivity contribution is -0.348. The van der Waals surface area contributed by atoms with Gasteiger partial charge in [-0.15, -0.1) is 0 Å². The molecule has 3 N–H and O–H groups in total. The lowest BCUT2D eigenvalue weighted by Crippen LogP contribution is -2.50. The van der Waals surface area contributed by atoms with Crippen molar-refractivity contribution in [1.29, 1.82) is 0 Å². The van der Waals surface area contributed by atoms with E-state index in [2.05, 4.69) is 16.0 Å². The molecule has 0 aromatic heterocycles. The zero-order valence-corrected chi connectivity index (χ0v) is 18.0. The molecule has 0 heterocycles. The van der Waals surface area contributed by atoms with Crippen LogP contribution in [0.1, 0.15) is 23.6 Å². The second-order valence-corrected chi connectivity index (χ2v) is 7.14. The van der Waals surface area contributed by atoms with E-state index >= 15 is 0 Å². The number of halogens is 7. The third-order valence-corrected chi connectivity index (χ3v) is 4.59.